The summed E-state index contributed by atoms with van der Waals surface area (Å²) in [5.41, 5.74) is -0.954. The first kappa shape index (κ1) is 19.1. The van der Waals surface area contributed by atoms with Crippen molar-refractivity contribution in [1.82, 2.24) is 4.90 Å². The zero-order valence-corrected chi connectivity index (χ0v) is 13.9. The lowest BCUT2D eigenvalue weighted by atomic mass is 9.90. The second kappa shape index (κ2) is 7.33. The highest BCUT2D eigenvalue weighted by molar-refractivity contribution is 5.82. The third-order valence-corrected chi connectivity index (χ3v) is 4.16. The first-order valence-corrected chi connectivity index (χ1v) is 7.94. The van der Waals surface area contributed by atoms with Crippen LogP contribution in [0.4, 0.5) is 13.2 Å². The molecule has 2 rings (SSSR count). The van der Waals surface area contributed by atoms with Gasteiger partial charge in [0.25, 0.3) is 5.91 Å². The number of carboxylic acids is 1. The fourth-order valence-electron chi connectivity index (χ4n) is 3.01. The van der Waals surface area contributed by atoms with Gasteiger partial charge >= 0.3 is 12.1 Å². The Morgan fingerprint density at radius 1 is 1.28 bits per heavy atom. The molecule has 3 atom stereocenters. The molecule has 0 bridgehead atoms. The van der Waals surface area contributed by atoms with Gasteiger partial charge in [-0.05, 0) is 31.4 Å². The maximum Gasteiger partial charge on any atom is 0.419 e. The van der Waals surface area contributed by atoms with E-state index in [0.717, 1.165) is 12.1 Å². The molecular formula is C17H20F3NO4. The lowest BCUT2D eigenvalue weighted by Crippen LogP contribution is -2.49. The van der Waals surface area contributed by atoms with Crippen LogP contribution in [0.15, 0.2) is 24.3 Å². The molecule has 1 heterocycles. The van der Waals surface area contributed by atoms with Gasteiger partial charge in [0.15, 0.2) is 6.10 Å². The second-order valence-corrected chi connectivity index (χ2v) is 6.37. The fraction of sp³-hybridized carbons (Fsp3) is 0.529. The van der Waals surface area contributed by atoms with Crippen LogP contribution in [0.5, 0.6) is 5.75 Å². The first-order chi connectivity index (χ1) is 11.6. The van der Waals surface area contributed by atoms with Crippen molar-refractivity contribution in [3.05, 3.63) is 29.8 Å². The van der Waals surface area contributed by atoms with Gasteiger partial charge in [-0.1, -0.05) is 19.1 Å². The van der Waals surface area contributed by atoms with Crippen molar-refractivity contribution >= 4 is 11.9 Å². The molecule has 1 amide bonds. The number of benzene rings is 1. The van der Waals surface area contributed by atoms with E-state index in [-0.39, 0.29) is 12.5 Å². The highest BCUT2D eigenvalue weighted by Crippen LogP contribution is 2.36. The van der Waals surface area contributed by atoms with Crippen LogP contribution >= 0.6 is 0 Å². The van der Waals surface area contributed by atoms with E-state index >= 15 is 0 Å². The number of carbonyl (C=O) groups is 2. The van der Waals surface area contributed by atoms with Gasteiger partial charge in [0.05, 0.1) is 11.5 Å². The summed E-state index contributed by atoms with van der Waals surface area (Å²) in [4.78, 5) is 25.0. The van der Waals surface area contributed by atoms with Gasteiger partial charge in [-0.15, -0.1) is 0 Å². The Morgan fingerprint density at radius 2 is 1.92 bits per heavy atom. The number of hydrogen-bond donors (Lipinski definition) is 1. The van der Waals surface area contributed by atoms with Crippen LogP contribution in [0.3, 0.4) is 0 Å². The number of para-hydroxylation sites is 1. The molecule has 1 aliphatic rings. The molecule has 0 saturated carbocycles. The molecule has 3 unspecified atom stereocenters. The van der Waals surface area contributed by atoms with Crippen molar-refractivity contribution in [2.24, 2.45) is 11.8 Å². The summed E-state index contributed by atoms with van der Waals surface area (Å²) in [6.45, 7) is 3.59. The number of piperidine rings is 1. The van der Waals surface area contributed by atoms with Gasteiger partial charge in [-0.3, -0.25) is 9.59 Å². The summed E-state index contributed by atoms with van der Waals surface area (Å²) in [5.74, 6) is -2.61. The number of nitrogens with zero attached hydrogens (tertiary/aromatic N) is 1. The molecule has 1 N–H and O–H groups in total. The van der Waals surface area contributed by atoms with E-state index in [2.05, 4.69) is 0 Å². The lowest BCUT2D eigenvalue weighted by Gasteiger charge is -2.36. The number of amides is 1. The van der Waals surface area contributed by atoms with E-state index in [9.17, 15) is 22.8 Å². The minimum absolute atomic E-state index is 0.00605. The number of halogens is 3. The number of carboxylic acid groups (broad SMARTS) is 1. The Hall–Kier alpha value is -2.25. The minimum Gasteiger partial charge on any atom is -0.481 e. The molecule has 1 aliphatic heterocycles. The van der Waals surface area contributed by atoms with Gasteiger partial charge in [-0.25, -0.2) is 0 Å². The van der Waals surface area contributed by atoms with Gasteiger partial charge in [0, 0.05) is 13.1 Å². The Kier molecular flexibility index (Phi) is 5.59. The maximum atomic E-state index is 13.0. The third kappa shape index (κ3) is 4.64. The van der Waals surface area contributed by atoms with Crippen LogP contribution in [0.25, 0.3) is 0 Å². The number of rotatable bonds is 4. The Balaban J connectivity index is 2.12. The molecule has 5 nitrogen and oxygen atoms in total. The summed E-state index contributed by atoms with van der Waals surface area (Å²) < 4.78 is 44.3. The summed E-state index contributed by atoms with van der Waals surface area (Å²) in [7, 11) is 0. The van der Waals surface area contributed by atoms with Crippen molar-refractivity contribution in [3.63, 3.8) is 0 Å². The summed E-state index contributed by atoms with van der Waals surface area (Å²) in [6.07, 6.45) is -5.28. The van der Waals surface area contributed by atoms with Gasteiger partial charge in [0.1, 0.15) is 5.75 Å². The summed E-state index contributed by atoms with van der Waals surface area (Å²) in [6, 6.07) is 4.68. The van der Waals surface area contributed by atoms with Crippen molar-refractivity contribution in [1.29, 1.82) is 0 Å². The molecule has 138 valence electrons. The topological polar surface area (TPSA) is 66.8 Å². The van der Waals surface area contributed by atoms with Crippen molar-refractivity contribution < 1.29 is 32.6 Å². The standard InChI is InChI=1S/C17H20F3NO4/c1-10-7-12(16(23)24)9-21(8-10)15(22)11(2)25-14-6-4-3-5-13(14)17(18,19)20/h3-6,10-12H,7-9H2,1-2H3,(H,23,24). The van der Waals surface area contributed by atoms with Gasteiger partial charge in [-0.2, -0.15) is 13.2 Å². The monoisotopic (exact) mass is 359 g/mol. The highest BCUT2D eigenvalue weighted by atomic mass is 19.4. The zero-order chi connectivity index (χ0) is 18.8. The van der Waals surface area contributed by atoms with Crippen molar-refractivity contribution in [2.75, 3.05) is 13.1 Å². The Bertz CT molecular complexity index is 647. The molecule has 0 radical (unpaired) electrons. The quantitative estimate of drug-likeness (QED) is 0.897. The van der Waals surface area contributed by atoms with E-state index in [1.807, 2.05) is 6.92 Å². The molecule has 0 spiro atoms. The van der Waals surface area contributed by atoms with Crippen LogP contribution in [-0.4, -0.2) is 41.1 Å². The maximum absolute atomic E-state index is 13.0. The molecule has 1 aromatic carbocycles. The summed E-state index contributed by atoms with van der Waals surface area (Å²) in [5, 5.41) is 9.16. The number of ether oxygens (including phenoxy) is 1. The second-order valence-electron chi connectivity index (χ2n) is 6.37. The van der Waals surface area contributed by atoms with E-state index < -0.39 is 41.4 Å². The van der Waals surface area contributed by atoms with Crippen LogP contribution < -0.4 is 4.74 Å². The number of alkyl halides is 3. The fourth-order valence-corrected chi connectivity index (χ4v) is 3.01. The highest BCUT2D eigenvalue weighted by Gasteiger charge is 2.37. The van der Waals surface area contributed by atoms with E-state index in [1.54, 1.807) is 0 Å². The summed E-state index contributed by atoms with van der Waals surface area (Å²) >= 11 is 0. The molecule has 25 heavy (non-hydrogen) atoms. The molecule has 1 saturated heterocycles. The van der Waals surface area contributed by atoms with Gasteiger partial charge in [0.2, 0.25) is 0 Å². The minimum atomic E-state index is -4.59. The van der Waals surface area contributed by atoms with E-state index in [4.69, 9.17) is 9.84 Å². The Labute approximate surface area is 143 Å². The zero-order valence-electron chi connectivity index (χ0n) is 13.9. The van der Waals surface area contributed by atoms with Gasteiger partial charge < -0.3 is 14.7 Å². The molecular weight excluding hydrogens is 339 g/mol. The smallest absolute Gasteiger partial charge is 0.419 e. The Morgan fingerprint density at radius 3 is 2.52 bits per heavy atom. The average Bonchev–Trinajstić information content (AvgIpc) is 2.52. The predicted molar refractivity (Wildman–Crippen MR) is 83.0 cm³/mol. The lowest BCUT2D eigenvalue weighted by molar-refractivity contribution is -0.150. The number of aliphatic carboxylic acids is 1. The van der Waals surface area contributed by atoms with Crippen LogP contribution in [0.2, 0.25) is 0 Å². The van der Waals surface area contributed by atoms with Crippen molar-refractivity contribution in [3.8, 4) is 5.75 Å². The van der Waals surface area contributed by atoms with Crippen LogP contribution in [0.1, 0.15) is 25.8 Å². The molecule has 0 aliphatic carbocycles. The normalized spacial score (nSPS) is 22.4. The first-order valence-electron chi connectivity index (χ1n) is 7.94. The van der Waals surface area contributed by atoms with Crippen LogP contribution in [-0.2, 0) is 15.8 Å². The molecule has 8 heteroatoms. The molecule has 0 aromatic heterocycles. The largest absolute Gasteiger partial charge is 0.481 e. The SMILES string of the molecule is CC1CC(C(=O)O)CN(C(=O)C(C)Oc2ccccc2C(F)(F)F)C1. The molecule has 1 aromatic rings. The van der Waals surface area contributed by atoms with Crippen molar-refractivity contribution in [2.45, 2.75) is 32.5 Å². The predicted octanol–water partition coefficient (Wildman–Crippen LogP) is 3.04. The number of carbonyl (C=O) groups excluding carboxylic acids is 1. The number of likely N-dealkylation sites (tertiary alicyclic amines) is 1. The van der Waals surface area contributed by atoms with E-state index in [0.29, 0.717) is 13.0 Å². The van der Waals surface area contributed by atoms with E-state index in [1.165, 1.54) is 24.0 Å². The average molecular weight is 359 g/mol. The third-order valence-electron chi connectivity index (χ3n) is 4.16. The number of hydrogen-bond acceptors (Lipinski definition) is 3. The molecule has 1 fully saturated rings. The van der Waals surface area contributed by atoms with Crippen LogP contribution in [0, 0.1) is 11.8 Å².